The van der Waals surface area contributed by atoms with Gasteiger partial charge in [-0.2, -0.15) is 0 Å². The molecule has 52 heavy (non-hydrogen) atoms. The van der Waals surface area contributed by atoms with Crippen molar-refractivity contribution in [3.8, 4) is 22.8 Å². The highest BCUT2D eigenvalue weighted by atomic mass is 16.5. The maximum atomic E-state index is 6.00. The number of nitrogens with zero attached hydrogens (tertiary/aromatic N) is 6. The quantitative estimate of drug-likeness (QED) is 0.198. The van der Waals surface area contributed by atoms with E-state index in [-0.39, 0.29) is 0 Å². The van der Waals surface area contributed by atoms with Gasteiger partial charge in [-0.1, -0.05) is 60.7 Å². The van der Waals surface area contributed by atoms with Crippen LogP contribution in [0.5, 0.6) is 0 Å². The minimum absolute atomic E-state index is 0.539. The van der Waals surface area contributed by atoms with Crippen molar-refractivity contribution in [3.05, 3.63) is 121 Å². The Balaban J connectivity index is 0.906. The molecule has 0 aliphatic carbocycles. The Morgan fingerprint density at radius 1 is 0.365 bits per heavy atom. The van der Waals surface area contributed by atoms with Crippen molar-refractivity contribution in [2.45, 2.75) is 13.1 Å². The zero-order valence-corrected chi connectivity index (χ0v) is 29.6. The zero-order chi connectivity index (χ0) is 35.2. The van der Waals surface area contributed by atoms with Crippen molar-refractivity contribution in [2.75, 3.05) is 79.0 Å². The standard InChI is InChI=1S/C42H46N6O4/c1-3-11-37-33(7-1)15-17-41(45-37)39-13-5-9-35(43-39)31-47-19-23-49-27-29-51-25-21-48(22-26-52-30-28-50-24-20-47)32-36-10-6-14-40(44-36)42-18-16-34-8-2-4-12-38(34)46-42/h1-18H,19-32H2. The molecule has 268 valence electrons. The lowest BCUT2D eigenvalue weighted by Gasteiger charge is -2.23. The fourth-order valence-corrected chi connectivity index (χ4v) is 6.25. The van der Waals surface area contributed by atoms with E-state index in [2.05, 4.69) is 58.3 Å². The summed E-state index contributed by atoms with van der Waals surface area (Å²) >= 11 is 0. The Kier molecular flexibility index (Phi) is 12.8. The predicted octanol–water partition coefficient (Wildman–Crippen LogP) is 6.29. The minimum Gasteiger partial charge on any atom is -0.378 e. The third-order valence-corrected chi connectivity index (χ3v) is 9.06. The lowest BCUT2D eigenvalue weighted by molar-refractivity contribution is 0.00600. The minimum atomic E-state index is 0.539. The van der Waals surface area contributed by atoms with Gasteiger partial charge >= 0.3 is 0 Å². The van der Waals surface area contributed by atoms with Crippen LogP contribution in [-0.4, -0.2) is 109 Å². The van der Waals surface area contributed by atoms with E-state index in [4.69, 9.17) is 38.9 Å². The van der Waals surface area contributed by atoms with Gasteiger partial charge in [0.25, 0.3) is 0 Å². The fourth-order valence-electron chi connectivity index (χ4n) is 6.25. The molecule has 0 saturated carbocycles. The van der Waals surface area contributed by atoms with Gasteiger partial charge in [-0.05, 0) is 48.5 Å². The summed E-state index contributed by atoms with van der Waals surface area (Å²) in [5.74, 6) is 0. The summed E-state index contributed by atoms with van der Waals surface area (Å²) in [6.45, 7) is 8.95. The lowest BCUT2D eigenvalue weighted by Crippen LogP contribution is -2.33. The van der Waals surface area contributed by atoms with E-state index in [1.165, 1.54) is 0 Å². The van der Waals surface area contributed by atoms with Gasteiger partial charge in [0.05, 0.1) is 98.1 Å². The molecular weight excluding hydrogens is 652 g/mol. The second-order valence-electron chi connectivity index (χ2n) is 12.8. The van der Waals surface area contributed by atoms with Crippen LogP contribution in [0.3, 0.4) is 0 Å². The van der Waals surface area contributed by atoms with Crippen LogP contribution in [0.1, 0.15) is 11.4 Å². The Bertz CT molecular complexity index is 1860. The highest BCUT2D eigenvalue weighted by Crippen LogP contribution is 2.21. The molecule has 4 aromatic heterocycles. The molecule has 5 heterocycles. The smallest absolute Gasteiger partial charge is 0.0894 e. The Morgan fingerprint density at radius 2 is 0.750 bits per heavy atom. The SMILES string of the molecule is c1cc(CN2CCOCCOCCN(Cc3cccc(-c4ccc5ccccc5n4)n3)CCOCCOCC2)nc(-c2ccc3ccccc3n2)c1. The largest absolute Gasteiger partial charge is 0.378 e. The van der Waals surface area contributed by atoms with Crippen molar-refractivity contribution in [2.24, 2.45) is 0 Å². The molecule has 1 aliphatic heterocycles. The third kappa shape index (κ3) is 10.2. The maximum absolute atomic E-state index is 6.00. The van der Waals surface area contributed by atoms with Gasteiger partial charge in [0.1, 0.15) is 0 Å². The summed E-state index contributed by atoms with van der Waals surface area (Å²) in [5.41, 5.74) is 7.38. The first-order valence-electron chi connectivity index (χ1n) is 18.2. The number of pyridine rings is 4. The molecule has 0 spiro atoms. The van der Waals surface area contributed by atoms with Gasteiger partial charge in [0, 0.05) is 50.0 Å². The van der Waals surface area contributed by atoms with Crippen LogP contribution in [0.15, 0.2) is 109 Å². The van der Waals surface area contributed by atoms with E-state index in [0.29, 0.717) is 65.9 Å². The van der Waals surface area contributed by atoms with Crippen molar-refractivity contribution < 1.29 is 18.9 Å². The average Bonchev–Trinajstić information content (AvgIpc) is 3.19. The van der Waals surface area contributed by atoms with E-state index in [1.54, 1.807) is 0 Å². The summed E-state index contributed by atoms with van der Waals surface area (Å²) in [5, 5.41) is 2.24. The fraction of sp³-hybridized carbons (Fsp3) is 0.333. The lowest BCUT2D eigenvalue weighted by atomic mass is 10.1. The molecule has 0 bridgehead atoms. The molecule has 10 heteroatoms. The molecule has 0 N–H and O–H groups in total. The molecule has 0 atom stereocenters. The summed E-state index contributed by atoms with van der Waals surface area (Å²) in [4.78, 5) is 24.3. The first kappa shape index (κ1) is 35.7. The molecule has 7 rings (SSSR count). The third-order valence-electron chi connectivity index (χ3n) is 9.06. The monoisotopic (exact) mass is 698 g/mol. The number of fused-ring (bicyclic) bond motifs is 2. The number of benzene rings is 2. The van der Waals surface area contributed by atoms with Crippen LogP contribution < -0.4 is 0 Å². The summed E-state index contributed by atoms with van der Waals surface area (Å²) < 4.78 is 24.0. The molecule has 0 radical (unpaired) electrons. The Labute approximate surface area is 305 Å². The van der Waals surface area contributed by atoms with Gasteiger partial charge in [0.15, 0.2) is 0 Å². The topological polar surface area (TPSA) is 95.0 Å². The van der Waals surface area contributed by atoms with Crippen molar-refractivity contribution in [1.29, 1.82) is 0 Å². The highest BCUT2D eigenvalue weighted by Gasteiger charge is 2.12. The highest BCUT2D eigenvalue weighted by molar-refractivity contribution is 5.81. The van der Waals surface area contributed by atoms with E-state index in [9.17, 15) is 0 Å². The van der Waals surface area contributed by atoms with E-state index < -0.39 is 0 Å². The number of rotatable bonds is 6. The molecule has 0 amide bonds. The molecule has 1 aliphatic rings. The normalized spacial score (nSPS) is 16.8. The van der Waals surface area contributed by atoms with Gasteiger partial charge in [-0.25, -0.2) is 19.9 Å². The molecule has 10 nitrogen and oxygen atoms in total. The number of hydrogen-bond donors (Lipinski definition) is 0. The first-order valence-corrected chi connectivity index (χ1v) is 18.2. The number of para-hydroxylation sites is 2. The molecule has 0 unspecified atom stereocenters. The van der Waals surface area contributed by atoms with Gasteiger partial charge in [-0.3, -0.25) is 9.80 Å². The van der Waals surface area contributed by atoms with Gasteiger partial charge in [-0.15, -0.1) is 0 Å². The van der Waals surface area contributed by atoms with E-state index >= 15 is 0 Å². The molecule has 1 fully saturated rings. The Hall–Kier alpha value is -4.68. The summed E-state index contributed by atoms with van der Waals surface area (Å²) in [6.07, 6.45) is 0. The van der Waals surface area contributed by atoms with Crippen LogP contribution in [0.2, 0.25) is 0 Å². The predicted molar refractivity (Wildman–Crippen MR) is 204 cm³/mol. The Morgan fingerprint density at radius 3 is 1.17 bits per heavy atom. The zero-order valence-electron chi connectivity index (χ0n) is 29.6. The number of aromatic nitrogens is 4. The van der Waals surface area contributed by atoms with Crippen LogP contribution in [0, 0.1) is 0 Å². The van der Waals surface area contributed by atoms with Crippen LogP contribution in [0.25, 0.3) is 44.6 Å². The first-order chi connectivity index (χ1) is 25.8. The molecule has 1 saturated heterocycles. The van der Waals surface area contributed by atoms with Crippen molar-refractivity contribution in [3.63, 3.8) is 0 Å². The molecule has 2 aromatic carbocycles. The van der Waals surface area contributed by atoms with Crippen molar-refractivity contribution in [1.82, 2.24) is 29.7 Å². The number of hydrogen-bond acceptors (Lipinski definition) is 10. The second-order valence-corrected chi connectivity index (χ2v) is 12.8. The van der Waals surface area contributed by atoms with Crippen LogP contribution >= 0.6 is 0 Å². The average molecular weight is 699 g/mol. The van der Waals surface area contributed by atoms with Crippen LogP contribution in [-0.2, 0) is 32.0 Å². The number of ether oxygens (including phenoxy) is 4. The van der Waals surface area contributed by atoms with E-state index in [1.807, 2.05) is 60.7 Å². The van der Waals surface area contributed by atoms with Gasteiger partial charge in [0.2, 0.25) is 0 Å². The summed E-state index contributed by atoms with van der Waals surface area (Å²) in [7, 11) is 0. The second kappa shape index (κ2) is 18.7. The van der Waals surface area contributed by atoms with Crippen LogP contribution in [0.4, 0.5) is 0 Å². The summed E-state index contributed by atoms with van der Waals surface area (Å²) in [6, 6.07) is 36.8. The van der Waals surface area contributed by atoms with E-state index in [0.717, 1.165) is 82.1 Å². The van der Waals surface area contributed by atoms with Gasteiger partial charge < -0.3 is 18.9 Å². The van der Waals surface area contributed by atoms with Crippen molar-refractivity contribution >= 4 is 21.8 Å². The molecular formula is C42H46N6O4. The molecule has 6 aromatic rings. The maximum Gasteiger partial charge on any atom is 0.0894 e.